The average molecular weight is 213 g/mol. The zero-order valence-corrected chi connectivity index (χ0v) is 9.19. The number of hydrogen-bond acceptors (Lipinski definition) is 3. The van der Waals surface area contributed by atoms with Crippen molar-refractivity contribution >= 4 is 5.91 Å². The Balaban J connectivity index is 1.87. The molecule has 0 radical (unpaired) electrons. The van der Waals surface area contributed by atoms with Crippen LogP contribution in [0.5, 0.6) is 0 Å². The van der Waals surface area contributed by atoms with Crippen LogP contribution in [0.25, 0.3) is 0 Å². The van der Waals surface area contributed by atoms with E-state index in [1.54, 1.807) is 6.92 Å². The average Bonchev–Trinajstić information content (AvgIpc) is 2.88. The molecule has 2 fully saturated rings. The molecule has 2 heterocycles. The van der Waals surface area contributed by atoms with Crippen molar-refractivity contribution in [3.05, 3.63) is 0 Å². The first kappa shape index (κ1) is 10.9. The van der Waals surface area contributed by atoms with E-state index in [9.17, 15) is 9.90 Å². The number of ether oxygens (including phenoxy) is 1. The highest BCUT2D eigenvalue weighted by Gasteiger charge is 2.34. The second-order valence-corrected chi connectivity index (χ2v) is 4.58. The Bertz CT molecular complexity index is 236. The first-order valence-corrected chi connectivity index (χ1v) is 5.77. The molecule has 3 atom stereocenters. The van der Waals surface area contributed by atoms with Crippen LogP contribution in [-0.2, 0) is 9.53 Å². The number of carbonyl (C=O) groups excluding carboxylic acids is 1. The van der Waals surface area contributed by atoms with Crippen LogP contribution in [0.4, 0.5) is 0 Å². The second kappa shape index (κ2) is 4.49. The van der Waals surface area contributed by atoms with Crippen LogP contribution in [0, 0.1) is 5.92 Å². The van der Waals surface area contributed by atoms with Crippen LogP contribution >= 0.6 is 0 Å². The third-order valence-corrected chi connectivity index (χ3v) is 3.42. The van der Waals surface area contributed by atoms with E-state index in [1.807, 2.05) is 4.90 Å². The topological polar surface area (TPSA) is 49.8 Å². The lowest BCUT2D eigenvalue weighted by Gasteiger charge is -2.20. The summed E-state index contributed by atoms with van der Waals surface area (Å²) in [5, 5.41) is 9.45. The van der Waals surface area contributed by atoms with Gasteiger partial charge < -0.3 is 14.7 Å². The molecule has 0 saturated carbocycles. The standard InChI is InChI=1S/C11H19NO3/c1-8(13)9-4-5-12(7-9)11(14)10-3-2-6-15-10/h8-10,13H,2-7H2,1H3/t8?,9?,10-/m1/s1. The van der Waals surface area contributed by atoms with Gasteiger partial charge in [-0.15, -0.1) is 0 Å². The van der Waals surface area contributed by atoms with Crippen molar-refractivity contribution in [2.45, 2.75) is 38.4 Å². The SMILES string of the molecule is CC(O)C1CCN(C(=O)[C@H]2CCCO2)C1. The van der Waals surface area contributed by atoms with E-state index in [1.165, 1.54) is 0 Å². The first-order valence-electron chi connectivity index (χ1n) is 5.77. The summed E-state index contributed by atoms with van der Waals surface area (Å²) < 4.78 is 5.37. The van der Waals surface area contributed by atoms with Gasteiger partial charge in [0, 0.05) is 25.6 Å². The number of rotatable bonds is 2. The van der Waals surface area contributed by atoms with Gasteiger partial charge in [-0.25, -0.2) is 0 Å². The lowest BCUT2D eigenvalue weighted by atomic mass is 10.0. The molecular formula is C11H19NO3. The van der Waals surface area contributed by atoms with Gasteiger partial charge in [-0.1, -0.05) is 0 Å². The fourth-order valence-electron chi connectivity index (χ4n) is 2.36. The van der Waals surface area contributed by atoms with Gasteiger partial charge in [-0.05, 0) is 26.2 Å². The van der Waals surface area contributed by atoms with Gasteiger partial charge in [0.25, 0.3) is 5.91 Å². The maximum atomic E-state index is 11.9. The summed E-state index contributed by atoms with van der Waals surface area (Å²) in [7, 11) is 0. The van der Waals surface area contributed by atoms with E-state index >= 15 is 0 Å². The largest absolute Gasteiger partial charge is 0.393 e. The van der Waals surface area contributed by atoms with E-state index in [2.05, 4.69) is 0 Å². The summed E-state index contributed by atoms with van der Waals surface area (Å²) in [6.45, 7) is 3.97. The molecule has 0 aromatic rings. The van der Waals surface area contributed by atoms with Crippen LogP contribution in [0.1, 0.15) is 26.2 Å². The lowest BCUT2D eigenvalue weighted by molar-refractivity contribution is -0.140. The Labute approximate surface area is 90.2 Å². The number of carbonyl (C=O) groups is 1. The van der Waals surface area contributed by atoms with Crippen molar-refractivity contribution < 1.29 is 14.6 Å². The maximum Gasteiger partial charge on any atom is 0.251 e. The number of aliphatic hydroxyl groups excluding tert-OH is 1. The fourth-order valence-corrected chi connectivity index (χ4v) is 2.36. The van der Waals surface area contributed by atoms with Crippen LogP contribution in [-0.4, -0.2) is 47.8 Å². The third kappa shape index (κ3) is 2.32. The van der Waals surface area contributed by atoms with E-state index in [0.717, 1.165) is 25.8 Å². The van der Waals surface area contributed by atoms with Gasteiger partial charge in [0.15, 0.2) is 0 Å². The van der Waals surface area contributed by atoms with Gasteiger partial charge in [0.05, 0.1) is 6.10 Å². The zero-order valence-electron chi connectivity index (χ0n) is 9.19. The molecule has 2 saturated heterocycles. The van der Waals surface area contributed by atoms with Gasteiger partial charge in [0.1, 0.15) is 6.10 Å². The Morgan fingerprint density at radius 2 is 2.33 bits per heavy atom. The number of hydrogen-bond donors (Lipinski definition) is 1. The minimum Gasteiger partial charge on any atom is -0.393 e. The Morgan fingerprint density at radius 1 is 1.53 bits per heavy atom. The molecule has 2 aliphatic rings. The highest BCUT2D eigenvalue weighted by atomic mass is 16.5. The predicted octanol–water partition coefficient (Wildman–Crippen LogP) is 0.395. The number of aliphatic hydroxyl groups is 1. The molecule has 0 aromatic carbocycles. The van der Waals surface area contributed by atoms with Crippen molar-refractivity contribution in [2.24, 2.45) is 5.92 Å². The Hall–Kier alpha value is -0.610. The van der Waals surface area contributed by atoms with Crippen molar-refractivity contribution in [1.29, 1.82) is 0 Å². The van der Waals surface area contributed by atoms with Crippen LogP contribution in [0.15, 0.2) is 0 Å². The van der Waals surface area contributed by atoms with E-state index in [4.69, 9.17) is 4.74 Å². The normalized spacial score (nSPS) is 33.3. The van der Waals surface area contributed by atoms with E-state index in [-0.39, 0.29) is 24.0 Å². The van der Waals surface area contributed by atoms with Crippen LogP contribution in [0.2, 0.25) is 0 Å². The molecule has 0 spiro atoms. The van der Waals surface area contributed by atoms with Gasteiger partial charge in [-0.3, -0.25) is 4.79 Å². The molecule has 0 bridgehead atoms. The van der Waals surface area contributed by atoms with Crippen molar-refractivity contribution in [3.8, 4) is 0 Å². The number of nitrogens with zero attached hydrogens (tertiary/aromatic N) is 1. The third-order valence-electron chi connectivity index (χ3n) is 3.42. The summed E-state index contributed by atoms with van der Waals surface area (Å²) in [5.74, 6) is 0.367. The highest BCUT2D eigenvalue weighted by molar-refractivity contribution is 5.81. The fraction of sp³-hybridized carbons (Fsp3) is 0.909. The van der Waals surface area contributed by atoms with Crippen molar-refractivity contribution in [2.75, 3.05) is 19.7 Å². The number of likely N-dealkylation sites (tertiary alicyclic amines) is 1. The Morgan fingerprint density at radius 3 is 2.87 bits per heavy atom. The maximum absolute atomic E-state index is 11.9. The lowest BCUT2D eigenvalue weighted by Crippen LogP contribution is -2.38. The van der Waals surface area contributed by atoms with Gasteiger partial charge >= 0.3 is 0 Å². The minimum absolute atomic E-state index is 0.121. The molecule has 0 aliphatic carbocycles. The monoisotopic (exact) mass is 213 g/mol. The van der Waals surface area contributed by atoms with E-state index < -0.39 is 0 Å². The molecule has 4 nitrogen and oxygen atoms in total. The summed E-state index contributed by atoms with van der Waals surface area (Å²) in [5.41, 5.74) is 0. The van der Waals surface area contributed by atoms with Crippen molar-refractivity contribution in [1.82, 2.24) is 4.90 Å². The molecule has 2 aliphatic heterocycles. The molecule has 2 rings (SSSR count). The molecule has 15 heavy (non-hydrogen) atoms. The molecule has 86 valence electrons. The smallest absolute Gasteiger partial charge is 0.251 e. The minimum atomic E-state index is -0.313. The zero-order chi connectivity index (χ0) is 10.8. The summed E-state index contributed by atoms with van der Waals surface area (Å²) >= 11 is 0. The number of amides is 1. The first-order chi connectivity index (χ1) is 7.18. The summed E-state index contributed by atoms with van der Waals surface area (Å²) in [6.07, 6.45) is 2.24. The van der Waals surface area contributed by atoms with Gasteiger partial charge in [-0.2, -0.15) is 0 Å². The summed E-state index contributed by atoms with van der Waals surface area (Å²) in [4.78, 5) is 13.8. The van der Waals surface area contributed by atoms with Crippen LogP contribution in [0.3, 0.4) is 0 Å². The molecule has 2 unspecified atom stereocenters. The highest BCUT2D eigenvalue weighted by Crippen LogP contribution is 2.23. The molecular weight excluding hydrogens is 194 g/mol. The molecule has 1 N–H and O–H groups in total. The molecule has 1 amide bonds. The molecule has 0 aromatic heterocycles. The van der Waals surface area contributed by atoms with Crippen molar-refractivity contribution in [3.63, 3.8) is 0 Å². The van der Waals surface area contributed by atoms with Gasteiger partial charge in [0.2, 0.25) is 0 Å². The second-order valence-electron chi connectivity index (χ2n) is 4.58. The predicted molar refractivity (Wildman–Crippen MR) is 55.3 cm³/mol. The molecule has 4 heteroatoms. The van der Waals surface area contributed by atoms with Crippen LogP contribution < -0.4 is 0 Å². The Kier molecular flexibility index (Phi) is 3.26. The quantitative estimate of drug-likeness (QED) is 0.722. The summed E-state index contributed by atoms with van der Waals surface area (Å²) in [6, 6.07) is 0. The van der Waals surface area contributed by atoms with E-state index in [0.29, 0.717) is 13.2 Å².